The molecule has 0 fully saturated rings. The first-order chi connectivity index (χ1) is 12.0. The number of H-pyrrole nitrogens is 1. The van der Waals surface area contributed by atoms with Crippen molar-refractivity contribution in [3.8, 4) is 11.4 Å². The molecule has 0 saturated heterocycles. The zero-order valence-corrected chi connectivity index (χ0v) is 15.4. The Kier molecular flexibility index (Phi) is 5.57. The number of amides is 1. The quantitative estimate of drug-likeness (QED) is 0.631. The van der Waals surface area contributed by atoms with E-state index in [2.05, 4.69) is 25.5 Å². The second kappa shape index (κ2) is 7.86. The molecule has 25 heavy (non-hydrogen) atoms. The largest absolute Gasteiger partial charge is 0.324 e. The van der Waals surface area contributed by atoms with Crippen LogP contribution in [0.4, 0.5) is 5.69 Å². The molecule has 0 bridgehead atoms. The second-order valence-corrected chi connectivity index (χ2v) is 7.15. The molecular formula is C16H13Cl2N5OS. The van der Waals surface area contributed by atoms with E-state index < -0.39 is 5.25 Å². The number of thioether (sulfide) groups is 1. The minimum atomic E-state index is -0.424. The molecule has 1 amide bonds. The van der Waals surface area contributed by atoms with Crippen LogP contribution in [0, 0.1) is 0 Å². The minimum Gasteiger partial charge on any atom is -0.324 e. The Morgan fingerprint density at radius 1 is 1.28 bits per heavy atom. The van der Waals surface area contributed by atoms with Crippen molar-refractivity contribution in [3.63, 3.8) is 0 Å². The van der Waals surface area contributed by atoms with Crippen LogP contribution in [0.3, 0.4) is 0 Å². The molecule has 0 aliphatic carbocycles. The summed E-state index contributed by atoms with van der Waals surface area (Å²) in [6, 6.07) is 8.76. The molecule has 0 spiro atoms. The first-order valence-electron chi connectivity index (χ1n) is 7.29. The maximum Gasteiger partial charge on any atom is 0.237 e. The fraction of sp³-hybridized carbons (Fsp3) is 0.125. The Bertz CT molecular complexity index is 887. The van der Waals surface area contributed by atoms with Gasteiger partial charge in [0.05, 0.1) is 21.0 Å². The summed E-state index contributed by atoms with van der Waals surface area (Å²) in [5.74, 6) is 0.378. The van der Waals surface area contributed by atoms with Crippen LogP contribution in [-0.2, 0) is 4.79 Å². The summed E-state index contributed by atoms with van der Waals surface area (Å²) in [4.78, 5) is 20.8. The molecule has 2 heterocycles. The smallest absolute Gasteiger partial charge is 0.237 e. The normalized spacial score (nSPS) is 12.0. The number of benzene rings is 1. The predicted molar refractivity (Wildman–Crippen MR) is 100 cm³/mol. The first-order valence-corrected chi connectivity index (χ1v) is 8.92. The summed E-state index contributed by atoms with van der Waals surface area (Å²) in [6.07, 6.45) is 3.37. The maximum absolute atomic E-state index is 12.3. The van der Waals surface area contributed by atoms with E-state index in [4.69, 9.17) is 23.2 Å². The van der Waals surface area contributed by atoms with Gasteiger partial charge < -0.3 is 5.32 Å². The van der Waals surface area contributed by atoms with Crippen molar-refractivity contribution in [1.29, 1.82) is 0 Å². The molecule has 3 rings (SSSR count). The molecule has 2 aromatic heterocycles. The molecule has 0 saturated carbocycles. The van der Waals surface area contributed by atoms with Gasteiger partial charge in [-0.2, -0.15) is 0 Å². The molecule has 128 valence electrons. The topological polar surface area (TPSA) is 83.6 Å². The maximum atomic E-state index is 12.3. The number of carbonyl (C=O) groups excluding carboxylic acids is 1. The Hall–Kier alpha value is -2.09. The number of anilines is 1. The lowest BCUT2D eigenvalue weighted by Gasteiger charge is -2.11. The lowest BCUT2D eigenvalue weighted by atomic mass is 10.3. The second-order valence-electron chi connectivity index (χ2n) is 5.06. The third kappa shape index (κ3) is 4.31. The molecule has 9 heteroatoms. The molecule has 1 aromatic carbocycles. The van der Waals surface area contributed by atoms with Crippen molar-refractivity contribution in [2.24, 2.45) is 0 Å². The lowest BCUT2D eigenvalue weighted by Crippen LogP contribution is -2.22. The number of nitrogens with one attached hydrogen (secondary N) is 2. The number of pyridine rings is 1. The molecule has 6 nitrogen and oxygen atoms in total. The first kappa shape index (κ1) is 17.7. The van der Waals surface area contributed by atoms with Gasteiger partial charge in [0.1, 0.15) is 0 Å². The van der Waals surface area contributed by atoms with Gasteiger partial charge in [-0.15, -0.1) is 5.10 Å². The van der Waals surface area contributed by atoms with E-state index in [1.54, 1.807) is 37.5 Å². The summed E-state index contributed by atoms with van der Waals surface area (Å²) >= 11 is 13.3. The van der Waals surface area contributed by atoms with Crippen LogP contribution in [0.5, 0.6) is 0 Å². The van der Waals surface area contributed by atoms with Gasteiger partial charge in [0.15, 0.2) is 5.82 Å². The number of aromatic nitrogens is 4. The number of nitrogens with zero attached hydrogens (tertiary/aromatic N) is 3. The van der Waals surface area contributed by atoms with E-state index in [0.717, 1.165) is 5.56 Å². The van der Waals surface area contributed by atoms with Crippen LogP contribution in [0.25, 0.3) is 11.4 Å². The zero-order chi connectivity index (χ0) is 17.8. The standard InChI is InChI=1S/C16H13Cl2N5OS/c1-9(15(24)20-12-6-2-5-11(17)13(12)18)25-16-21-14(22-23-16)10-4-3-7-19-8-10/h2-9H,1H3,(H,20,24)(H,21,22,23). The van der Waals surface area contributed by atoms with E-state index in [-0.39, 0.29) is 5.91 Å². The Morgan fingerprint density at radius 3 is 2.88 bits per heavy atom. The van der Waals surface area contributed by atoms with Gasteiger partial charge in [-0.3, -0.25) is 14.9 Å². The number of halogens is 2. The van der Waals surface area contributed by atoms with Crippen LogP contribution in [-0.4, -0.2) is 31.3 Å². The number of aromatic amines is 1. The Balaban J connectivity index is 1.66. The molecule has 0 radical (unpaired) electrons. The van der Waals surface area contributed by atoms with Crippen molar-refractivity contribution >= 4 is 46.6 Å². The van der Waals surface area contributed by atoms with Gasteiger partial charge in [-0.05, 0) is 31.2 Å². The van der Waals surface area contributed by atoms with Gasteiger partial charge >= 0.3 is 0 Å². The summed E-state index contributed by atoms with van der Waals surface area (Å²) < 4.78 is 0. The van der Waals surface area contributed by atoms with E-state index in [0.29, 0.717) is 26.7 Å². The SMILES string of the molecule is CC(Sc1n[nH]c(-c2cccnc2)n1)C(=O)Nc1cccc(Cl)c1Cl. The van der Waals surface area contributed by atoms with E-state index in [9.17, 15) is 4.79 Å². The van der Waals surface area contributed by atoms with Gasteiger partial charge in [-0.25, -0.2) is 4.98 Å². The zero-order valence-electron chi connectivity index (χ0n) is 13.0. The Labute approximate surface area is 158 Å². The highest BCUT2D eigenvalue weighted by atomic mass is 35.5. The molecule has 2 N–H and O–H groups in total. The van der Waals surface area contributed by atoms with E-state index in [1.165, 1.54) is 11.8 Å². The fourth-order valence-corrected chi connectivity index (χ4v) is 3.05. The summed E-state index contributed by atoms with van der Waals surface area (Å²) in [7, 11) is 0. The van der Waals surface area contributed by atoms with Crippen LogP contribution in [0.2, 0.25) is 10.0 Å². The van der Waals surface area contributed by atoms with Gasteiger partial charge in [0.25, 0.3) is 0 Å². The van der Waals surface area contributed by atoms with Crippen molar-refractivity contribution in [2.75, 3.05) is 5.32 Å². The average Bonchev–Trinajstić information content (AvgIpc) is 3.08. The van der Waals surface area contributed by atoms with Crippen molar-refractivity contribution in [1.82, 2.24) is 20.2 Å². The molecule has 3 aromatic rings. The molecular weight excluding hydrogens is 381 g/mol. The van der Waals surface area contributed by atoms with Gasteiger partial charge in [0.2, 0.25) is 11.1 Å². The molecule has 1 atom stereocenters. The number of rotatable bonds is 5. The monoisotopic (exact) mass is 393 g/mol. The highest BCUT2D eigenvalue weighted by Gasteiger charge is 2.19. The minimum absolute atomic E-state index is 0.220. The highest BCUT2D eigenvalue weighted by Crippen LogP contribution is 2.30. The average molecular weight is 394 g/mol. The van der Waals surface area contributed by atoms with Gasteiger partial charge in [-0.1, -0.05) is 41.0 Å². The van der Waals surface area contributed by atoms with Crippen LogP contribution < -0.4 is 5.32 Å². The van der Waals surface area contributed by atoms with E-state index >= 15 is 0 Å². The summed E-state index contributed by atoms with van der Waals surface area (Å²) in [5, 5.41) is 10.5. The predicted octanol–water partition coefficient (Wildman–Crippen LogP) is 4.29. The fourth-order valence-electron chi connectivity index (χ4n) is 1.98. The van der Waals surface area contributed by atoms with Crippen molar-refractivity contribution in [3.05, 3.63) is 52.8 Å². The third-order valence-electron chi connectivity index (χ3n) is 3.26. The Morgan fingerprint density at radius 2 is 2.12 bits per heavy atom. The number of hydrogen-bond donors (Lipinski definition) is 2. The number of hydrogen-bond acceptors (Lipinski definition) is 5. The third-order valence-corrected chi connectivity index (χ3v) is 5.04. The van der Waals surface area contributed by atoms with Crippen LogP contribution in [0.15, 0.2) is 47.9 Å². The lowest BCUT2D eigenvalue weighted by molar-refractivity contribution is -0.115. The summed E-state index contributed by atoms with van der Waals surface area (Å²) in [5.41, 5.74) is 1.29. The van der Waals surface area contributed by atoms with Crippen LogP contribution >= 0.6 is 35.0 Å². The molecule has 1 unspecified atom stereocenters. The number of carbonyl (C=O) groups is 1. The van der Waals surface area contributed by atoms with Crippen molar-refractivity contribution in [2.45, 2.75) is 17.3 Å². The highest BCUT2D eigenvalue weighted by molar-refractivity contribution is 8.00. The molecule has 0 aliphatic heterocycles. The van der Waals surface area contributed by atoms with Crippen molar-refractivity contribution < 1.29 is 4.79 Å². The van der Waals surface area contributed by atoms with E-state index in [1.807, 2.05) is 12.1 Å². The van der Waals surface area contributed by atoms with Gasteiger partial charge in [0, 0.05) is 18.0 Å². The summed E-state index contributed by atoms with van der Waals surface area (Å²) in [6.45, 7) is 1.76. The molecule has 0 aliphatic rings. The van der Waals surface area contributed by atoms with Crippen LogP contribution in [0.1, 0.15) is 6.92 Å².